The summed E-state index contributed by atoms with van der Waals surface area (Å²) in [5, 5.41) is 3.53. The first-order valence-corrected chi connectivity index (χ1v) is 4.89. The molecule has 0 N–H and O–H groups in total. The lowest BCUT2D eigenvalue weighted by molar-refractivity contribution is 0.140. The van der Waals surface area contributed by atoms with E-state index in [2.05, 4.69) is 10.0 Å². The van der Waals surface area contributed by atoms with Crippen molar-refractivity contribution >= 4 is 0 Å². The number of azide groups is 1. The average Bonchev–Trinajstić information content (AvgIpc) is 2.20. The molecule has 1 aliphatic heterocycles. The number of rotatable bonds is 3. The normalized spacial score (nSPS) is 16.6. The van der Waals surface area contributed by atoms with E-state index < -0.39 is 11.6 Å². The zero-order chi connectivity index (χ0) is 11.5. The van der Waals surface area contributed by atoms with Gasteiger partial charge in [-0.15, -0.1) is 0 Å². The zero-order valence-corrected chi connectivity index (χ0v) is 8.48. The van der Waals surface area contributed by atoms with E-state index in [1.165, 1.54) is 6.07 Å². The van der Waals surface area contributed by atoms with Gasteiger partial charge in [-0.25, -0.2) is 8.78 Å². The third-order valence-electron chi connectivity index (χ3n) is 2.55. The van der Waals surface area contributed by atoms with Crippen molar-refractivity contribution in [2.45, 2.75) is 12.6 Å². The molecule has 0 aromatic heterocycles. The Hall–Kier alpha value is -1.65. The number of hydrogen-bond donors (Lipinski definition) is 0. The Morgan fingerprint density at radius 2 is 2.19 bits per heavy atom. The molecule has 0 saturated carbocycles. The number of halogens is 2. The van der Waals surface area contributed by atoms with Gasteiger partial charge in [0.2, 0.25) is 0 Å². The minimum Gasteiger partial charge on any atom is -0.298 e. The number of hydrogen-bond acceptors (Lipinski definition) is 2. The molecule has 0 amide bonds. The first-order valence-electron chi connectivity index (χ1n) is 4.89. The molecule has 84 valence electrons. The molecule has 0 atom stereocenters. The van der Waals surface area contributed by atoms with Crippen LogP contribution >= 0.6 is 0 Å². The SMILES string of the molecule is [N-]=[N+]=NC1CN(Cc2cc(F)ccc2F)C1. The average molecular weight is 224 g/mol. The van der Waals surface area contributed by atoms with Crippen molar-refractivity contribution in [3.8, 4) is 0 Å². The second-order valence-corrected chi connectivity index (χ2v) is 3.79. The molecule has 2 rings (SSSR count). The maximum Gasteiger partial charge on any atom is 0.127 e. The van der Waals surface area contributed by atoms with Crippen LogP contribution in [0.3, 0.4) is 0 Å². The molecule has 0 bridgehead atoms. The Balaban J connectivity index is 1.96. The van der Waals surface area contributed by atoms with Gasteiger partial charge in [0.25, 0.3) is 0 Å². The quantitative estimate of drug-likeness (QED) is 0.442. The highest BCUT2D eigenvalue weighted by Crippen LogP contribution is 2.18. The summed E-state index contributed by atoms with van der Waals surface area (Å²) < 4.78 is 26.1. The van der Waals surface area contributed by atoms with Crippen LogP contribution in [0.4, 0.5) is 8.78 Å². The third kappa shape index (κ3) is 2.29. The van der Waals surface area contributed by atoms with E-state index >= 15 is 0 Å². The molecule has 0 spiro atoms. The Labute approximate surface area is 91.1 Å². The van der Waals surface area contributed by atoms with Crippen LogP contribution in [0.1, 0.15) is 5.56 Å². The molecule has 1 saturated heterocycles. The zero-order valence-electron chi connectivity index (χ0n) is 8.48. The van der Waals surface area contributed by atoms with Crippen molar-refractivity contribution < 1.29 is 8.78 Å². The molecule has 1 fully saturated rings. The Morgan fingerprint density at radius 3 is 2.88 bits per heavy atom. The third-order valence-corrected chi connectivity index (χ3v) is 2.55. The van der Waals surface area contributed by atoms with E-state index in [-0.39, 0.29) is 6.04 Å². The van der Waals surface area contributed by atoms with Gasteiger partial charge in [-0.05, 0) is 23.7 Å². The van der Waals surface area contributed by atoms with Crippen LogP contribution in [0.2, 0.25) is 0 Å². The van der Waals surface area contributed by atoms with Gasteiger partial charge in [-0.1, -0.05) is 5.11 Å². The highest BCUT2D eigenvalue weighted by atomic mass is 19.1. The summed E-state index contributed by atoms with van der Waals surface area (Å²) in [6, 6.07) is 3.37. The summed E-state index contributed by atoms with van der Waals surface area (Å²) in [5.74, 6) is -0.850. The van der Waals surface area contributed by atoms with Gasteiger partial charge >= 0.3 is 0 Å². The van der Waals surface area contributed by atoms with Gasteiger partial charge in [0, 0.05) is 30.1 Å². The molecule has 0 radical (unpaired) electrons. The van der Waals surface area contributed by atoms with Gasteiger partial charge in [0.05, 0.1) is 6.04 Å². The summed E-state index contributed by atoms with van der Waals surface area (Å²) in [7, 11) is 0. The van der Waals surface area contributed by atoms with Crippen LogP contribution in [0.5, 0.6) is 0 Å². The van der Waals surface area contributed by atoms with Crippen LogP contribution < -0.4 is 0 Å². The Morgan fingerprint density at radius 1 is 1.44 bits per heavy atom. The van der Waals surface area contributed by atoms with Gasteiger partial charge in [0.15, 0.2) is 0 Å². The van der Waals surface area contributed by atoms with Gasteiger partial charge in [0.1, 0.15) is 11.6 Å². The monoisotopic (exact) mass is 224 g/mol. The lowest BCUT2D eigenvalue weighted by Gasteiger charge is -2.36. The smallest absolute Gasteiger partial charge is 0.127 e. The predicted molar refractivity (Wildman–Crippen MR) is 54.6 cm³/mol. The first kappa shape index (κ1) is 10.9. The van der Waals surface area contributed by atoms with Crippen molar-refractivity contribution in [2.75, 3.05) is 13.1 Å². The Kier molecular flexibility index (Phi) is 3.03. The molecule has 16 heavy (non-hydrogen) atoms. The summed E-state index contributed by atoms with van der Waals surface area (Å²) in [4.78, 5) is 4.60. The van der Waals surface area contributed by atoms with E-state index in [0.717, 1.165) is 12.1 Å². The minimum atomic E-state index is -0.441. The van der Waals surface area contributed by atoms with Crippen molar-refractivity contribution in [1.29, 1.82) is 0 Å². The van der Waals surface area contributed by atoms with Gasteiger partial charge < -0.3 is 0 Å². The molecule has 0 aliphatic carbocycles. The molecule has 1 aliphatic rings. The lowest BCUT2D eigenvalue weighted by Crippen LogP contribution is -2.48. The summed E-state index contributed by atoms with van der Waals surface area (Å²) >= 11 is 0. The fraction of sp³-hybridized carbons (Fsp3) is 0.400. The van der Waals surface area contributed by atoms with Crippen LogP contribution in [-0.2, 0) is 6.54 Å². The largest absolute Gasteiger partial charge is 0.298 e. The molecule has 4 nitrogen and oxygen atoms in total. The molecule has 1 aromatic carbocycles. The van der Waals surface area contributed by atoms with Crippen molar-refractivity contribution in [3.05, 3.63) is 45.8 Å². The number of likely N-dealkylation sites (tertiary alicyclic amines) is 1. The van der Waals surface area contributed by atoms with Crippen LogP contribution in [0.25, 0.3) is 10.4 Å². The number of nitrogens with zero attached hydrogens (tertiary/aromatic N) is 4. The first-order chi connectivity index (χ1) is 7.69. The summed E-state index contributed by atoms with van der Waals surface area (Å²) in [6.45, 7) is 1.54. The fourth-order valence-electron chi connectivity index (χ4n) is 1.72. The predicted octanol–water partition coefficient (Wildman–Crippen LogP) is 2.46. The van der Waals surface area contributed by atoms with Gasteiger partial charge in [-0.2, -0.15) is 0 Å². The van der Waals surface area contributed by atoms with Crippen LogP contribution in [0, 0.1) is 11.6 Å². The Bertz CT molecular complexity index is 436. The van der Waals surface area contributed by atoms with Crippen molar-refractivity contribution in [3.63, 3.8) is 0 Å². The highest BCUT2D eigenvalue weighted by Gasteiger charge is 2.26. The van der Waals surface area contributed by atoms with E-state index in [1.54, 1.807) is 0 Å². The van der Waals surface area contributed by atoms with E-state index in [0.29, 0.717) is 25.2 Å². The second kappa shape index (κ2) is 4.47. The maximum absolute atomic E-state index is 13.3. The molecule has 1 heterocycles. The van der Waals surface area contributed by atoms with E-state index in [9.17, 15) is 8.78 Å². The lowest BCUT2D eigenvalue weighted by atomic mass is 10.1. The standard InChI is InChI=1S/C10H10F2N4/c11-8-1-2-10(12)7(3-8)4-16-5-9(6-16)14-15-13/h1-3,9H,4-6H2. The summed E-state index contributed by atoms with van der Waals surface area (Å²) in [5.41, 5.74) is 8.52. The van der Waals surface area contributed by atoms with Gasteiger partial charge in [-0.3, -0.25) is 4.90 Å². The molecule has 6 heteroatoms. The van der Waals surface area contributed by atoms with E-state index in [1.807, 2.05) is 4.90 Å². The molecule has 1 aromatic rings. The van der Waals surface area contributed by atoms with E-state index in [4.69, 9.17) is 5.53 Å². The van der Waals surface area contributed by atoms with Crippen LogP contribution in [-0.4, -0.2) is 24.0 Å². The topological polar surface area (TPSA) is 52.0 Å². The highest BCUT2D eigenvalue weighted by molar-refractivity contribution is 5.19. The van der Waals surface area contributed by atoms with Crippen LogP contribution in [0.15, 0.2) is 23.3 Å². The fourth-order valence-corrected chi connectivity index (χ4v) is 1.72. The van der Waals surface area contributed by atoms with Crippen molar-refractivity contribution in [1.82, 2.24) is 4.90 Å². The molecule has 0 unspecified atom stereocenters. The maximum atomic E-state index is 13.3. The minimum absolute atomic E-state index is 0.0402. The summed E-state index contributed by atoms with van der Waals surface area (Å²) in [6.07, 6.45) is 0. The molecular formula is C10H10F2N4. The second-order valence-electron chi connectivity index (χ2n) is 3.79. The molecular weight excluding hydrogens is 214 g/mol. The number of benzene rings is 1. The van der Waals surface area contributed by atoms with Crippen molar-refractivity contribution in [2.24, 2.45) is 5.11 Å².